The normalized spacial score (nSPS) is 11.1. The fourth-order valence-corrected chi connectivity index (χ4v) is 3.51. The molecule has 8 nitrogen and oxygen atoms in total. The number of hydrogen-bond acceptors (Lipinski definition) is 8. The van der Waals surface area contributed by atoms with E-state index in [4.69, 9.17) is 18.9 Å². The first kappa shape index (κ1) is 21.7. The highest BCUT2D eigenvalue weighted by atomic mass is 16.5. The predicted molar refractivity (Wildman–Crippen MR) is 125 cm³/mol. The van der Waals surface area contributed by atoms with E-state index in [0.717, 1.165) is 64.2 Å². The van der Waals surface area contributed by atoms with Gasteiger partial charge in [-0.05, 0) is 46.0 Å². The fourth-order valence-electron chi connectivity index (χ4n) is 3.51. The molecule has 32 heavy (non-hydrogen) atoms. The molecule has 3 N–H and O–H groups in total. The lowest BCUT2D eigenvalue weighted by Gasteiger charge is -2.14. The first-order valence-corrected chi connectivity index (χ1v) is 10.6. The number of furan rings is 1. The number of aryl methyl sites for hydroxylation is 2. The minimum Gasteiger partial charge on any atom is -0.467 e. The van der Waals surface area contributed by atoms with Crippen LogP contribution in [0.15, 0.2) is 51.6 Å². The van der Waals surface area contributed by atoms with E-state index in [9.17, 15) is 0 Å². The third-order valence-corrected chi connectivity index (χ3v) is 5.22. The Bertz CT molecular complexity index is 1160. The van der Waals surface area contributed by atoms with E-state index in [1.807, 2.05) is 64.2 Å². The highest BCUT2D eigenvalue weighted by molar-refractivity contribution is 5.76. The van der Waals surface area contributed by atoms with Gasteiger partial charge in [-0.15, -0.1) is 0 Å². The second-order valence-corrected chi connectivity index (χ2v) is 7.64. The summed E-state index contributed by atoms with van der Waals surface area (Å²) in [6, 6.07) is 11.9. The predicted octanol–water partition coefficient (Wildman–Crippen LogP) is 4.37. The minimum atomic E-state index is 0.578. The van der Waals surface area contributed by atoms with Gasteiger partial charge in [-0.3, -0.25) is 0 Å². The molecule has 0 aliphatic rings. The molecule has 0 atom stereocenters. The third-order valence-electron chi connectivity index (χ3n) is 5.22. The van der Waals surface area contributed by atoms with Crippen molar-refractivity contribution in [1.82, 2.24) is 25.8 Å². The Balaban J connectivity index is 1.73. The highest BCUT2D eigenvalue weighted by Crippen LogP contribution is 2.34. The molecule has 8 heteroatoms. The van der Waals surface area contributed by atoms with Gasteiger partial charge in [0.15, 0.2) is 5.82 Å². The van der Waals surface area contributed by atoms with Crippen molar-refractivity contribution in [2.75, 3.05) is 25.5 Å². The molecular weight excluding hydrogens is 404 g/mol. The molecule has 166 valence electrons. The highest BCUT2D eigenvalue weighted by Gasteiger charge is 2.21. The van der Waals surface area contributed by atoms with Crippen LogP contribution in [0.1, 0.15) is 22.8 Å². The number of aromatic nitrogens is 3. The molecule has 1 aromatic carbocycles. The summed E-state index contributed by atoms with van der Waals surface area (Å²) in [5.74, 6) is 2.86. The maximum Gasteiger partial charge on any atom is 0.165 e. The van der Waals surface area contributed by atoms with Crippen LogP contribution in [0.4, 0.5) is 11.5 Å². The van der Waals surface area contributed by atoms with E-state index in [0.29, 0.717) is 12.4 Å². The molecule has 0 aliphatic heterocycles. The molecule has 0 saturated carbocycles. The van der Waals surface area contributed by atoms with Crippen molar-refractivity contribution in [1.29, 1.82) is 0 Å². The number of likely N-dealkylation sites (N-methyl/N-ethyl adjacent to an activating group) is 1. The van der Waals surface area contributed by atoms with Crippen molar-refractivity contribution in [2.45, 2.75) is 27.3 Å². The number of rotatable bonds is 9. The number of nitrogens with zero attached hydrogens (tertiary/aromatic N) is 3. The van der Waals surface area contributed by atoms with Gasteiger partial charge in [-0.2, -0.15) is 0 Å². The van der Waals surface area contributed by atoms with Gasteiger partial charge in [-0.25, -0.2) is 9.97 Å². The molecule has 3 heterocycles. The fraction of sp³-hybridized carbons (Fsp3) is 0.292. The molecular formula is C24H28N6O2. The van der Waals surface area contributed by atoms with Crippen molar-refractivity contribution in [3.05, 3.63) is 65.4 Å². The first-order chi connectivity index (χ1) is 15.6. The molecule has 0 unspecified atom stereocenters. The lowest BCUT2D eigenvalue weighted by Crippen LogP contribution is -2.24. The van der Waals surface area contributed by atoms with Crippen LogP contribution in [0.2, 0.25) is 0 Å². The summed E-state index contributed by atoms with van der Waals surface area (Å²) in [5.41, 5.74) is 5.16. The smallest absolute Gasteiger partial charge is 0.165 e. The van der Waals surface area contributed by atoms with Crippen LogP contribution in [0.3, 0.4) is 0 Å². The van der Waals surface area contributed by atoms with Crippen LogP contribution in [-0.4, -0.2) is 35.3 Å². The second-order valence-electron chi connectivity index (χ2n) is 7.64. The average Bonchev–Trinajstić information content (AvgIpc) is 3.40. The van der Waals surface area contributed by atoms with Gasteiger partial charge >= 0.3 is 0 Å². The second kappa shape index (κ2) is 9.76. The van der Waals surface area contributed by atoms with Gasteiger partial charge < -0.3 is 24.9 Å². The number of benzene rings is 1. The van der Waals surface area contributed by atoms with Crippen LogP contribution in [-0.2, 0) is 6.54 Å². The standard InChI is InChI=1S/C24H28N6O2/c1-15-22(21-16(2)30-32-17(21)3)28-24(29-23(15)27-19-8-6-5-7-9-19)18-12-20(31-14-18)13-26-11-10-25-4/h5-9,12,14,25-26H,10-11,13H2,1-4H3,(H,27,28,29). The van der Waals surface area contributed by atoms with Gasteiger partial charge in [0.25, 0.3) is 0 Å². The largest absolute Gasteiger partial charge is 0.467 e. The van der Waals surface area contributed by atoms with Crippen LogP contribution in [0.5, 0.6) is 0 Å². The van der Waals surface area contributed by atoms with Crippen molar-refractivity contribution >= 4 is 11.5 Å². The number of hydrogen-bond donors (Lipinski definition) is 3. The van der Waals surface area contributed by atoms with E-state index in [2.05, 4.69) is 21.1 Å². The molecule has 0 radical (unpaired) electrons. The van der Waals surface area contributed by atoms with Gasteiger partial charge in [0.2, 0.25) is 0 Å². The van der Waals surface area contributed by atoms with E-state index < -0.39 is 0 Å². The summed E-state index contributed by atoms with van der Waals surface area (Å²) in [6.07, 6.45) is 1.70. The summed E-state index contributed by atoms with van der Waals surface area (Å²) in [6.45, 7) is 8.21. The molecule has 0 spiro atoms. The molecule has 0 amide bonds. The number of para-hydroxylation sites is 1. The molecule has 4 rings (SSSR count). The molecule has 0 aliphatic carbocycles. The Morgan fingerprint density at radius 3 is 2.53 bits per heavy atom. The monoisotopic (exact) mass is 432 g/mol. The lowest BCUT2D eigenvalue weighted by molar-refractivity contribution is 0.393. The van der Waals surface area contributed by atoms with E-state index in [-0.39, 0.29) is 0 Å². The van der Waals surface area contributed by atoms with Crippen molar-refractivity contribution in [3.63, 3.8) is 0 Å². The first-order valence-electron chi connectivity index (χ1n) is 10.6. The van der Waals surface area contributed by atoms with Crippen molar-refractivity contribution in [2.24, 2.45) is 0 Å². The molecule has 0 bridgehead atoms. The van der Waals surface area contributed by atoms with E-state index >= 15 is 0 Å². The molecule has 3 aromatic heterocycles. The summed E-state index contributed by atoms with van der Waals surface area (Å²) < 4.78 is 11.2. The van der Waals surface area contributed by atoms with E-state index in [1.165, 1.54) is 0 Å². The zero-order valence-corrected chi connectivity index (χ0v) is 18.8. The maximum atomic E-state index is 5.75. The van der Waals surface area contributed by atoms with Crippen LogP contribution in [0, 0.1) is 20.8 Å². The summed E-state index contributed by atoms with van der Waals surface area (Å²) >= 11 is 0. The zero-order valence-electron chi connectivity index (χ0n) is 18.8. The van der Waals surface area contributed by atoms with Gasteiger partial charge in [0.1, 0.15) is 23.6 Å². The van der Waals surface area contributed by atoms with Gasteiger partial charge in [0, 0.05) is 24.3 Å². The SMILES string of the molecule is CNCCNCc1cc(-c2nc(Nc3ccccc3)c(C)c(-c3c(C)noc3C)n2)co1. The van der Waals surface area contributed by atoms with Gasteiger partial charge in [-0.1, -0.05) is 23.4 Å². The Morgan fingerprint density at radius 1 is 1.00 bits per heavy atom. The zero-order chi connectivity index (χ0) is 22.5. The van der Waals surface area contributed by atoms with Crippen LogP contribution in [0.25, 0.3) is 22.6 Å². The summed E-state index contributed by atoms with van der Waals surface area (Å²) in [4.78, 5) is 9.72. The van der Waals surface area contributed by atoms with Crippen molar-refractivity contribution in [3.8, 4) is 22.6 Å². The lowest BCUT2D eigenvalue weighted by atomic mass is 10.1. The van der Waals surface area contributed by atoms with Crippen LogP contribution >= 0.6 is 0 Å². The number of nitrogens with one attached hydrogen (secondary N) is 3. The Labute approximate surface area is 187 Å². The topological polar surface area (TPSA) is 101 Å². The third kappa shape index (κ3) is 4.71. The van der Waals surface area contributed by atoms with Gasteiger partial charge in [0.05, 0.1) is 29.1 Å². The van der Waals surface area contributed by atoms with Crippen molar-refractivity contribution < 1.29 is 8.94 Å². The summed E-state index contributed by atoms with van der Waals surface area (Å²) in [7, 11) is 1.93. The average molecular weight is 433 g/mol. The summed E-state index contributed by atoms with van der Waals surface area (Å²) in [5, 5.41) is 14.0. The molecule has 4 aromatic rings. The Hall–Kier alpha value is -3.49. The van der Waals surface area contributed by atoms with E-state index in [1.54, 1.807) is 6.26 Å². The molecule has 0 saturated heterocycles. The Morgan fingerprint density at radius 2 is 1.81 bits per heavy atom. The quantitative estimate of drug-likeness (QED) is 0.335. The van der Waals surface area contributed by atoms with Crippen LogP contribution < -0.4 is 16.0 Å². The molecule has 0 fully saturated rings. The number of anilines is 2. The Kier molecular flexibility index (Phi) is 6.63. The maximum absolute atomic E-state index is 5.75. The minimum absolute atomic E-state index is 0.578.